The van der Waals surface area contributed by atoms with E-state index >= 15 is 0 Å². The number of halogens is 3. The highest BCUT2D eigenvalue weighted by Crippen LogP contribution is 2.32. The molecule has 2 aromatic rings. The Morgan fingerprint density at radius 1 is 1.23 bits per heavy atom. The zero-order valence-electron chi connectivity index (χ0n) is 14.2. The van der Waals surface area contributed by atoms with Crippen molar-refractivity contribution in [2.45, 2.75) is 19.5 Å². The number of alkyl halides is 3. The molecule has 0 saturated carbocycles. The summed E-state index contributed by atoms with van der Waals surface area (Å²) in [5.41, 5.74) is 3.68. The van der Waals surface area contributed by atoms with Gasteiger partial charge >= 0.3 is 6.18 Å². The normalized spacial score (nSPS) is 11.5. The second kappa shape index (κ2) is 8.42. The molecule has 7 heteroatoms. The zero-order valence-corrected chi connectivity index (χ0v) is 14.2. The molecule has 0 fully saturated rings. The summed E-state index contributed by atoms with van der Waals surface area (Å²) < 4.78 is 43.0. The second-order valence-electron chi connectivity index (χ2n) is 5.40. The van der Waals surface area contributed by atoms with Crippen LogP contribution < -0.4 is 10.2 Å². The fraction of sp³-hybridized carbons (Fsp3) is 0.211. The lowest BCUT2D eigenvalue weighted by molar-refractivity contribution is -0.137. The Morgan fingerprint density at radius 3 is 2.50 bits per heavy atom. The average Bonchev–Trinajstić information content (AvgIpc) is 2.59. The molecule has 0 spiro atoms. The average molecular weight is 364 g/mol. The van der Waals surface area contributed by atoms with Gasteiger partial charge in [0.2, 0.25) is 0 Å². The minimum Gasteiger partial charge on any atom is -0.504 e. The summed E-state index contributed by atoms with van der Waals surface area (Å²) >= 11 is 0. The third-order valence-electron chi connectivity index (χ3n) is 3.46. The molecule has 0 aliphatic heterocycles. The van der Waals surface area contributed by atoms with E-state index in [4.69, 9.17) is 4.74 Å². The lowest BCUT2D eigenvalue weighted by Gasteiger charge is -2.11. The number of phenolic OH excluding ortho intramolecular Hbond substituents is 1. The first-order valence-electron chi connectivity index (χ1n) is 7.91. The highest BCUT2D eigenvalue weighted by Gasteiger charge is 2.29. The predicted octanol–water partition coefficient (Wildman–Crippen LogP) is 4.98. The molecule has 2 rings (SSSR count). The van der Waals surface area contributed by atoms with Gasteiger partial charge in [-0.25, -0.2) is 0 Å². The third-order valence-corrected chi connectivity index (χ3v) is 3.46. The van der Waals surface area contributed by atoms with E-state index in [9.17, 15) is 18.3 Å². The number of nitrogens with one attached hydrogen (secondary N) is 1. The number of nitrogens with zero attached hydrogens (tertiary/aromatic N) is 1. The van der Waals surface area contributed by atoms with Crippen molar-refractivity contribution < 1.29 is 23.0 Å². The highest BCUT2D eigenvalue weighted by molar-refractivity contribution is 5.82. The summed E-state index contributed by atoms with van der Waals surface area (Å²) in [5, 5.41) is 14.2. The minimum absolute atomic E-state index is 0.0552. The SMILES string of the molecule is C=CCc1cc(/C=N/Nc2ccc(C(F)(F)F)cc2)cc(OCC)c1O. The summed E-state index contributed by atoms with van der Waals surface area (Å²) in [5.74, 6) is 0.391. The van der Waals surface area contributed by atoms with E-state index in [0.717, 1.165) is 12.1 Å². The minimum atomic E-state index is -4.37. The number of allylic oxidation sites excluding steroid dienone is 1. The fourth-order valence-corrected chi connectivity index (χ4v) is 2.26. The van der Waals surface area contributed by atoms with Crippen LogP contribution in [0.5, 0.6) is 11.5 Å². The van der Waals surface area contributed by atoms with E-state index in [1.807, 2.05) is 0 Å². The van der Waals surface area contributed by atoms with Crippen molar-refractivity contribution in [3.05, 3.63) is 65.7 Å². The molecule has 0 atom stereocenters. The van der Waals surface area contributed by atoms with Gasteiger partial charge < -0.3 is 9.84 Å². The van der Waals surface area contributed by atoms with E-state index in [2.05, 4.69) is 17.1 Å². The van der Waals surface area contributed by atoms with E-state index in [-0.39, 0.29) is 5.75 Å². The predicted molar refractivity (Wildman–Crippen MR) is 95.8 cm³/mol. The summed E-state index contributed by atoms with van der Waals surface area (Å²) in [6.07, 6.45) is -0.761. The standard InChI is InChI=1S/C19H19F3N2O2/c1-3-5-14-10-13(11-17(18(14)25)26-4-2)12-23-24-16-8-6-15(7-9-16)19(20,21)22/h3,6-12,24-25H,1,4-5H2,2H3/b23-12+. The molecule has 0 amide bonds. The van der Waals surface area contributed by atoms with Crippen molar-refractivity contribution in [1.82, 2.24) is 0 Å². The molecule has 0 aromatic heterocycles. The lowest BCUT2D eigenvalue weighted by atomic mass is 10.1. The fourth-order valence-electron chi connectivity index (χ4n) is 2.26. The van der Waals surface area contributed by atoms with Crippen LogP contribution in [0.25, 0.3) is 0 Å². The molecule has 2 N–H and O–H groups in total. The number of ether oxygens (including phenoxy) is 1. The van der Waals surface area contributed by atoms with Gasteiger partial charge in [-0.1, -0.05) is 6.08 Å². The Morgan fingerprint density at radius 2 is 1.92 bits per heavy atom. The Labute approximate surface area is 149 Å². The van der Waals surface area contributed by atoms with E-state index < -0.39 is 11.7 Å². The summed E-state index contributed by atoms with van der Waals surface area (Å²) in [7, 11) is 0. The molecule has 0 bridgehead atoms. The van der Waals surface area contributed by atoms with Crippen molar-refractivity contribution >= 4 is 11.9 Å². The summed E-state index contributed by atoms with van der Waals surface area (Å²) in [6.45, 7) is 5.85. The van der Waals surface area contributed by atoms with Crippen LogP contribution in [0.2, 0.25) is 0 Å². The quantitative estimate of drug-likeness (QED) is 0.414. The van der Waals surface area contributed by atoms with Crippen LogP contribution in [0.3, 0.4) is 0 Å². The van der Waals surface area contributed by atoms with Crippen LogP contribution in [0.1, 0.15) is 23.6 Å². The zero-order chi connectivity index (χ0) is 19.2. The van der Waals surface area contributed by atoms with Crippen LogP contribution in [0.15, 0.2) is 54.2 Å². The first-order valence-corrected chi connectivity index (χ1v) is 7.91. The number of aromatic hydroxyl groups is 1. The van der Waals surface area contributed by atoms with Gasteiger partial charge in [-0.2, -0.15) is 18.3 Å². The Bertz CT molecular complexity index is 785. The maximum Gasteiger partial charge on any atom is 0.416 e. The molecule has 0 aliphatic rings. The number of hydrogen-bond acceptors (Lipinski definition) is 4. The van der Waals surface area contributed by atoms with Crippen LogP contribution in [-0.2, 0) is 12.6 Å². The van der Waals surface area contributed by atoms with Crippen molar-refractivity contribution in [1.29, 1.82) is 0 Å². The first kappa shape index (κ1) is 19.4. The number of phenols is 1. The number of hydrogen-bond donors (Lipinski definition) is 2. The van der Waals surface area contributed by atoms with E-state index in [0.29, 0.717) is 35.6 Å². The molecule has 26 heavy (non-hydrogen) atoms. The number of rotatable bonds is 7. The maximum atomic E-state index is 12.5. The van der Waals surface area contributed by atoms with Crippen molar-refractivity contribution in [3.8, 4) is 11.5 Å². The van der Waals surface area contributed by atoms with Gasteiger partial charge in [0, 0.05) is 5.56 Å². The van der Waals surface area contributed by atoms with E-state index in [1.54, 1.807) is 25.1 Å². The summed E-state index contributed by atoms with van der Waals surface area (Å²) in [4.78, 5) is 0. The molecule has 0 heterocycles. The Hall–Kier alpha value is -2.96. The van der Waals surface area contributed by atoms with Crippen LogP contribution in [-0.4, -0.2) is 17.9 Å². The maximum absolute atomic E-state index is 12.5. The highest BCUT2D eigenvalue weighted by atomic mass is 19.4. The van der Waals surface area contributed by atoms with Crippen molar-refractivity contribution in [3.63, 3.8) is 0 Å². The van der Waals surface area contributed by atoms with Crippen LogP contribution in [0.4, 0.5) is 18.9 Å². The van der Waals surface area contributed by atoms with Gasteiger partial charge in [0.25, 0.3) is 0 Å². The van der Waals surface area contributed by atoms with Crippen LogP contribution >= 0.6 is 0 Å². The van der Waals surface area contributed by atoms with Gasteiger partial charge in [-0.3, -0.25) is 5.43 Å². The molecule has 0 aliphatic carbocycles. The molecular formula is C19H19F3N2O2. The van der Waals surface area contributed by atoms with Gasteiger partial charge in [0.05, 0.1) is 24.1 Å². The van der Waals surface area contributed by atoms with Gasteiger partial charge in [-0.05, 0) is 55.3 Å². The number of hydrazone groups is 1. The smallest absolute Gasteiger partial charge is 0.416 e. The van der Waals surface area contributed by atoms with Gasteiger partial charge in [0.1, 0.15) is 0 Å². The molecule has 4 nitrogen and oxygen atoms in total. The van der Waals surface area contributed by atoms with Gasteiger partial charge in [0.15, 0.2) is 11.5 Å². The van der Waals surface area contributed by atoms with E-state index in [1.165, 1.54) is 18.3 Å². The number of anilines is 1. The molecule has 0 unspecified atom stereocenters. The Balaban J connectivity index is 2.15. The van der Waals surface area contributed by atoms with Gasteiger partial charge in [-0.15, -0.1) is 6.58 Å². The molecule has 138 valence electrons. The monoisotopic (exact) mass is 364 g/mol. The number of benzene rings is 2. The molecule has 0 radical (unpaired) electrons. The molecule has 0 saturated heterocycles. The largest absolute Gasteiger partial charge is 0.504 e. The second-order valence-corrected chi connectivity index (χ2v) is 5.40. The van der Waals surface area contributed by atoms with Crippen molar-refractivity contribution in [2.24, 2.45) is 5.10 Å². The third kappa shape index (κ3) is 5.02. The summed E-state index contributed by atoms with van der Waals surface area (Å²) in [6, 6.07) is 7.92. The Kier molecular flexibility index (Phi) is 6.27. The lowest BCUT2D eigenvalue weighted by Crippen LogP contribution is -2.04. The van der Waals surface area contributed by atoms with Crippen molar-refractivity contribution in [2.75, 3.05) is 12.0 Å². The first-order chi connectivity index (χ1) is 12.3. The molecule has 2 aromatic carbocycles. The van der Waals surface area contributed by atoms with Crippen LogP contribution in [0, 0.1) is 0 Å². The molecular weight excluding hydrogens is 345 g/mol. The topological polar surface area (TPSA) is 53.9 Å².